The lowest BCUT2D eigenvalue weighted by Crippen LogP contribution is -2.14. The molecule has 1 aromatic heterocycles. The van der Waals surface area contributed by atoms with Crippen molar-refractivity contribution >= 4 is 34.0 Å². The molecule has 7 heteroatoms. The van der Waals surface area contributed by atoms with E-state index in [9.17, 15) is 4.79 Å². The second-order valence-electron chi connectivity index (χ2n) is 5.45. The van der Waals surface area contributed by atoms with E-state index in [2.05, 4.69) is 12.2 Å². The highest BCUT2D eigenvalue weighted by atomic mass is 32.2. The lowest BCUT2D eigenvalue weighted by molar-refractivity contribution is 0.102. The molecule has 1 N–H and O–H groups in total. The van der Waals surface area contributed by atoms with Gasteiger partial charge in [0.1, 0.15) is 27.8 Å². The molecule has 140 valence electrons. The first-order valence-corrected chi connectivity index (χ1v) is 10.2. The predicted octanol–water partition coefficient (Wildman–Crippen LogP) is 5.19. The first kappa shape index (κ1) is 19.3. The molecule has 0 fully saturated rings. The standard InChI is InChI=1S/C20H20N2O3S2/c1-4-26-20-21-17(13-9-6-5-7-10-13)19(27-20)22-18(23)16-14(24-2)11-8-12-15(16)25-3/h5-12H,4H2,1-3H3,(H,22,23). The quantitative estimate of drug-likeness (QED) is 0.553. The largest absolute Gasteiger partial charge is 0.496 e. The maximum Gasteiger partial charge on any atom is 0.263 e. The normalized spacial score (nSPS) is 10.5. The summed E-state index contributed by atoms with van der Waals surface area (Å²) in [4.78, 5) is 17.7. The number of benzene rings is 2. The van der Waals surface area contributed by atoms with E-state index in [-0.39, 0.29) is 5.91 Å². The Morgan fingerprint density at radius 2 is 1.74 bits per heavy atom. The molecule has 27 heavy (non-hydrogen) atoms. The summed E-state index contributed by atoms with van der Waals surface area (Å²) in [5, 5.41) is 3.70. The van der Waals surface area contributed by atoms with Gasteiger partial charge in [0.25, 0.3) is 5.91 Å². The Morgan fingerprint density at radius 1 is 1.07 bits per heavy atom. The third kappa shape index (κ3) is 4.26. The number of methoxy groups -OCH3 is 2. The number of anilines is 1. The molecule has 0 bridgehead atoms. The summed E-state index contributed by atoms with van der Waals surface area (Å²) in [6.45, 7) is 2.08. The van der Waals surface area contributed by atoms with Crippen LogP contribution in [0.2, 0.25) is 0 Å². The van der Waals surface area contributed by atoms with Crippen molar-refractivity contribution in [1.82, 2.24) is 4.98 Å². The van der Waals surface area contributed by atoms with Crippen molar-refractivity contribution in [2.24, 2.45) is 0 Å². The van der Waals surface area contributed by atoms with Crippen molar-refractivity contribution in [2.75, 3.05) is 25.3 Å². The fraction of sp³-hybridized carbons (Fsp3) is 0.200. The number of ether oxygens (including phenoxy) is 2. The number of hydrogen-bond donors (Lipinski definition) is 1. The van der Waals surface area contributed by atoms with Crippen molar-refractivity contribution < 1.29 is 14.3 Å². The van der Waals surface area contributed by atoms with E-state index in [4.69, 9.17) is 14.5 Å². The number of aromatic nitrogens is 1. The van der Waals surface area contributed by atoms with Gasteiger partial charge in [-0.2, -0.15) is 0 Å². The van der Waals surface area contributed by atoms with E-state index < -0.39 is 0 Å². The summed E-state index contributed by atoms with van der Waals surface area (Å²) in [7, 11) is 3.06. The number of hydrogen-bond acceptors (Lipinski definition) is 6. The molecule has 0 atom stereocenters. The Kier molecular flexibility index (Phi) is 6.36. The van der Waals surface area contributed by atoms with Gasteiger partial charge in [-0.15, -0.1) is 0 Å². The zero-order valence-corrected chi connectivity index (χ0v) is 16.9. The van der Waals surface area contributed by atoms with Crippen molar-refractivity contribution in [1.29, 1.82) is 0 Å². The van der Waals surface area contributed by atoms with Gasteiger partial charge in [-0.25, -0.2) is 4.98 Å². The van der Waals surface area contributed by atoms with Crippen molar-refractivity contribution in [3.63, 3.8) is 0 Å². The van der Waals surface area contributed by atoms with Crippen LogP contribution in [0.15, 0.2) is 52.9 Å². The Hall–Kier alpha value is -2.51. The maximum atomic E-state index is 13.0. The first-order chi connectivity index (χ1) is 13.2. The van der Waals surface area contributed by atoms with Gasteiger partial charge in [-0.05, 0) is 17.9 Å². The third-order valence-electron chi connectivity index (χ3n) is 3.80. The summed E-state index contributed by atoms with van der Waals surface area (Å²) in [6.07, 6.45) is 0. The molecular weight excluding hydrogens is 380 g/mol. The number of nitrogens with zero attached hydrogens (tertiary/aromatic N) is 1. The Labute approximate surface area is 166 Å². The van der Waals surface area contributed by atoms with Crippen LogP contribution in [0.4, 0.5) is 5.00 Å². The van der Waals surface area contributed by atoms with Crippen LogP contribution in [-0.2, 0) is 0 Å². The molecule has 1 heterocycles. The summed E-state index contributed by atoms with van der Waals surface area (Å²) >= 11 is 3.12. The van der Waals surface area contributed by atoms with Gasteiger partial charge in [0.15, 0.2) is 4.34 Å². The molecule has 1 amide bonds. The monoisotopic (exact) mass is 400 g/mol. The molecule has 3 rings (SSSR count). The first-order valence-electron chi connectivity index (χ1n) is 8.39. The second kappa shape index (κ2) is 8.92. The fourth-order valence-electron chi connectivity index (χ4n) is 2.60. The van der Waals surface area contributed by atoms with Crippen LogP contribution >= 0.6 is 23.1 Å². The minimum Gasteiger partial charge on any atom is -0.496 e. The highest BCUT2D eigenvalue weighted by Gasteiger charge is 2.22. The Bertz CT molecular complexity index is 904. The average molecular weight is 401 g/mol. The van der Waals surface area contributed by atoms with Gasteiger partial charge >= 0.3 is 0 Å². The number of thioether (sulfide) groups is 1. The van der Waals surface area contributed by atoms with Gasteiger partial charge in [0.05, 0.1) is 14.2 Å². The van der Waals surface area contributed by atoms with E-state index in [0.29, 0.717) is 22.1 Å². The SMILES string of the molecule is CCSc1nc(-c2ccccc2)c(NC(=O)c2c(OC)cccc2OC)s1. The van der Waals surface area contributed by atoms with Gasteiger partial charge in [0, 0.05) is 5.56 Å². The van der Waals surface area contributed by atoms with E-state index >= 15 is 0 Å². The fourth-order valence-corrected chi connectivity index (χ4v) is 4.56. The average Bonchev–Trinajstić information content (AvgIpc) is 3.10. The van der Waals surface area contributed by atoms with Crippen LogP contribution in [0, 0.1) is 0 Å². The topological polar surface area (TPSA) is 60.5 Å². The maximum absolute atomic E-state index is 13.0. The van der Waals surface area contributed by atoms with E-state index in [1.54, 1.807) is 30.0 Å². The molecule has 0 saturated heterocycles. The zero-order valence-electron chi connectivity index (χ0n) is 15.3. The van der Waals surface area contributed by atoms with Crippen LogP contribution < -0.4 is 14.8 Å². The van der Waals surface area contributed by atoms with E-state index in [0.717, 1.165) is 21.3 Å². The molecule has 0 aliphatic carbocycles. The zero-order chi connectivity index (χ0) is 19.2. The van der Waals surface area contributed by atoms with Crippen LogP contribution in [0.25, 0.3) is 11.3 Å². The molecule has 0 unspecified atom stereocenters. The van der Waals surface area contributed by atoms with Crippen LogP contribution in [0.3, 0.4) is 0 Å². The van der Waals surface area contributed by atoms with Crippen molar-refractivity contribution in [2.45, 2.75) is 11.3 Å². The summed E-state index contributed by atoms with van der Waals surface area (Å²) in [6, 6.07) is 15.1. The van der Waals surface area contributed by atoms with Crippen molar-refractivity contribution in [3.05, 3.63) is 54.1 Å². The third-order valence-corrected chi connectivity index (χ3v) is 5.80. The Balaban J connectivity index is 1.99. The minimum absolute atomic E-state index is 0.293. The van der Waals surface area contributed by atoms with Gasteiger partial charge in [-0.3, -0.25) is 4.79 Å². The molecular formula is C20H20N2O3S2. The molecule has 0 aliphatic heterocycles. The number of nitrogens with one attached hydrogen (secondary N) is 1. The molecule has 0 spiro atoms. The van der Waals surface area contributed by atoms with Crippen LogP contribution in [-0.4, -0.2) is 30.9 Å². The summed E-state index contributed by atoms with van der Waals surface area (Å²) < 4.78 is 11.6. The lowest BCUT2D eigenvalue weighted by Gasteiger charge is -2.12. The smallest absolute Gasteiger partial charge is 0.263 e. The summed E-state index contributed by atoms with van der Waals surface area (Å²) in [5.41, 5.74) is 2.08. The molecule has 5 nitrogen and oxygen atoms in total. The lowest BCUT2D eigenvalue weighted by atomic mass is 10.1. The molecule has 0 saturated carbocycles. The molecule has 2 aromatic carbocycles. The van der Waals surface area contributed by atoms with Gasteiger partial charge in [-0.1, -0.05) is 66.4 Å². The summed E-state index contributed by atoms with van der Waals surface area (Å²) in [5.74, 6) is 1.54. The predicted molar refractivity (Wildman–Crippen MR) is 111 cm³/mol. The van der Waals surface area contributed by atoms with Crippen molar-refractivity contribution in [3.8, 4) is 22.8 Å². The number of carbonyl (C=O) groups is 1. The number of rotatable bonds is 7. The highest BCUT2D eigenvalue weighted by molar-refractivity contribution is 8.01. The highest BCUT2D eigenvalue weighted by Crippen LogP contribution is 2.38. The van der Waals surface area contributed by atoms with E-state index in [1.165, 1.54) is 25.6 Å². The number of thiazole rings is 1. The molecule has 0 radical (unpaired) electrons. The second-order valence-corrected chi connectivity index (χ2v) is 7.96. The molecule has 0 aliphatic rings. The van der Waals surface area contributed by atoms with Gasteiger partial charge in [0.2, 0.25) is 0 Å². The number of carbonyl (C=O) groups excluding carboxylic acids is 1. The minimum atomic E-state index is -0.293. The van der Waals surface area contributed by atoms with Crippen LogP contribution in [0.1, 0.15) is 17.3 Å². The number of amides is 1. The van der Waals surface area contributed by atoms with Crippen LogP contribution in [0.5, 0.6) is 11.5 Å². The molecule has 3 aromatic rings. The van der Waals surface area contributed by atoms with E-state index in [1.807, 2.05) is 30.3 Å². The Morgan fingerprint density at radius 3 is 2.33 bits per heavy atom. The van der Waals surface area contributed by atoms with Gasteiger partial charge < -0.3 is 14.8 Å².